The number of esters is 1. The molecular weight excluding hydrogens is 597 g/mol. The van der Waals surface area contributed by atoms with Gasteiger partial charge in [0.05, 0.1) is 35.3 Å². The molecule has 1 unspecified atom stereocenters. The second kappa shape index (κ2) is 11.2. The van der Waals surface area contributed by atoms with Gasteiger partial charge < -0.3 is 9.57 Å². The number of carbonyl (C=O) groups excluding carboxylic acids is 2. The Balaban J connectivity index is 1.22. The zero-order valence-corrected chi connectivity index (χ0v) is 23.9. The topological polar surface area (TPSA) is 143 Å². The number of carbonyl (C=O) groups is 2. The minimum atomic E-state index is -4.69. The van der Waals surface area contributed by atoms with Crippen molar-refractivity contribution in [3.05, 3.63) is 65.9 Å². The van der Waals surface area contributed by atoms with Crippen molar-refractivity contribution in [3.8, 4) is 16.9 Å². The maximum atomic E-state index is 13.5. The molecule has 2 aromatic heterocycles. The van der Waals surface area contributed by atoms with Crippen LogP contribution in [0, 0.1) is 12.8 Å². The summed E-state index contributed by atoms with van der Waals surface area (Å²) in [6.07, 6.45) is -5.43. The number of nitrogens with zero attached hydrogens (tertiary/aromatic N) is 5. The highest BCUT2D eigenvalue weighted by atomic mass is 32.2. The quantitative estimate of drug-likeness (QED) is 0.208. The first-order valence-corrected chi connectivity index (χ1v) is 14.5. The molecule has 0 spiro atoms. The van der Waals surface area contributed by atoms with Crippen molar-refractivity contribution in [2.45, 2.75) is 44.6 Å². The summed E-state index contributed by atoms with van der Waals surface area (Å²) in [6.45, 7) is 5.21. The molecule has 1 amide bonds. The van der Waals surface area contributed by atoms with Crippen LogP contribution >= 0.6 is 0 Å². The van der Waals surface area contributed by atoms with E-state index in [0.717, 1.165) is 21.3 Å². The molecule has 13 nitrogen and oxygen atoms in total. The predicted molar refractivity (Wildman–Crippen MR) is 143 cm³/mol. The fourth-order valence-corrected chi connectivity index (χ4v) is 5.17. The van der Waals surface area contributed by atoms with E-state index in [9.17, 15) is 31.2 Å². The number of sulfonamides is 1. The number of rotatable bonds is 10. The smallest absolute Gasteiger partial charge is 0.423 e. The minimum Gasteiger partial charge on any atom is -0.423 e. The zero-order valence-electron chi connectivity index (χ0n) is 23.1. The molecule has 0 saturated carbocycles. The van der Waals surface area contributed by atoms with E-state index in [2.05, 4.69) is 5.10 Å². The normalized spacial score (nSPS) is 14.8. The molecule has 0 radical (unpaired) electrons. The van der Waals surface area contributed by atoms with Gasteiger partial charge in [-0.25, -0.2) is 17.8 Å². The van der Waals surface area contributed by atoms with Gasteiger partial charge in [-0.2, -0.15) is 22.9 Å². The Bertz CT molecular complexity index is 1710. The van der Waals surface area contributed by atoms with E-state index in [0.29, 0.717) is 5.56 Å². The Morgan fingerprint density at radius 1 is 1.12 bits per heavy atom. The number of halogens is 3. The summed E-state index contributed by atoms with van der Waals surface area (Å²) < 4.78 is 79.3. The Hall–Kier alpha value is -4.67. The van der Waals surface area contributed by atoms with Crippen LogP contribution in [0.2, 0.25) is 0 Å². The lowest BCUT2D eigenvalue weighted by Gasteiger charge is -2.34. The first kappa shape index (κ1) is 29.8. The van der Waals surface area contributed by atoms with Crippen LogP contribution in [0.25, 0.3) is 16.9 Å². The summed E-state index contributed by atoms with van der Waals surface area (Å²) in [5.41, 5.74) is 0.673. The molecule has 4 aromatic rings. The number of hydrogen-bond acceptors (Lipinski definition) is 9. The third-order valence-electron chi connectivity index (χ3n) is 6.53. The molecule has 1 aliphatic heterocycles. The van der Waals surface area contributed by atoms with E-state index in [1.807, 2.05) is 11.6 Å². The van der Waals surface area contributed by atoms with Crippen molar-refractivity contribution < 1.29 is 45.4 Å². The Labute approximate surface area is 243 Å². The lowest BCUT2D eigenvalue weighted by Crippen LogP contribution is -2.58. The summed E-state index contributed by atoms with van der Waals surface area (Å²) in [5.74, 6) is -1.89. The SMILES string of the molecule is CCC(=O)OC(C)On1on1N1CC(C(=O)NS(=O)(=O)c2ccc(-n3nc(C(F)(F)F)cc3-c3ccc(C)cc3)cc2)C1. The van der Waals surface area contributed by atoms with Crippen molar-refractivity contribution in [2.75, 3.05) is 18.1 Å². The van der Waals surface area contributed by atoms with E-state index in [4.69, 9.17) is 14.2 Å². The van der Waals surface area contributed by atoms with Gasteiger partial charge in [0.2, 0.25) is 5.91 Å². The van der Waals surface area contributed by atoms with Crippen LogP contribution in [0.15, 0.2) is 64.1 Å². The van der Waals surface area contributed by atoms with Crippen LogP contribution in [-0.2, 0) is 30.5 Å². The highest BCUT2D eigenvalue weighted by molar-refractivity contribution is 7.90. The molecule has 1 saturated heterocycles. The van der Waals surface area contributed by atoms with Crippen LogP contribution in [0.5, 0.6) is 0 Å². The number of aryl methyl sites for hydroxylation is 1. The van der Waals surface area contributed by atoms with Crippen molar-refractivity contribution in [1.29, 1.82) is 0 Å². The van der Waals surface area contributed by atoms with Gasteiger partial charge in [-0.1, -0.05) is 36.8 Å². The number of nitrogens with one attached hydrogen (secondary N) is 1. The van der Waals surface area contributed by atoms with Gasteiger partial charge in [-0.3, -0.25) is 14.6 Å². The van der Waals surface area contributed by atoms with Crippen LogP contribution in [-0.4, -0.2) is 59.4 Å². The van der Waals surface area contributed by atoms with Crippen molar-refractivity contribution in [3.63, 3.8) is 0 Å². The van der Waals surface area contributed by atoms with Gasteiger partial charge in [-0.05, 0) is 37.3 Å². The van der Waals surface area contributed by atoms with Crippen LogP contribution in [0.3, 0.4) is 0 Å². The maximum absolute atomic E-state index is 13.5. The standard InChI is InChI=1S/C26H27F3N6O7S/c1-4-24(36)40-17(3)41-35-34(42-35)32-14-19(15-32)25(37)31-43(38,39)21-11-9-20(10-12-21)33-22(13-23(30-33)26(27,28)29)18-7-5-16(2)6-8-18/h5-13,17,19H,4,14-15H2,1-3H3,(H,31,37). The monoisotopic (exact) mass is 624 g/mol. The largest absolute Gasteiger partial charge is 0.435 e. The number of benzene rings is 2. The molecule has 17 heteroatoms. The average Bonchev–Trinajstić information content (AvgIpc) is 3.48. The summed E-state index contributed by atoms with van der Waals surface area (Å²) in [6, 6.07) is 12.7. The Morgan fingerprint density at radius 2 is 1.77 bits per heavy atom. The third-order valence-corrected chi connectivity index (χ3v) is 7.89. The van der Waals surface area contributed by atoms with Crippen LogP contribution in [0.4, 0.5) is 13.2 Å². The van der Waals surface area contributed by atoms with Gasteiger partial charge in [0.1, 0.15) is 5.02 Å². The molecule has 1 N–H and O–H groups in total. The van der Waals surface area contributed by atoms with Gasteiger partial charge in [0.15, 0.2) is 5.69 Å². The first-order chi connectivity index (χ1) is 20.2. The second-order valence-electron chi connectivity index (χ2n) is 9.81. The first-order valence-electron chi connectivity index (χ1n) is 13.1. The average molecular weight is 625 g/mol. The van der Waals surface area contributed by atoms with Crippen molar-refractivity contribution in [1.82, 2.24) is 24.5 Å². The number of hydrogen-bond donors (Lipinski definition) is 1. The molecular formula is C26H27F3N6O7S. The number of alkyl halides is 3. The zero-order chi connectivity index (χ0) is 31.1. The molecule has 1 atom stereocenters. The van der Waals surface area contributed by atoms with E-state index >= 15 is 0 Å². The highest BCUT2D eigenvalue weighted by Crippen LogP contribution is 2.33. The molecule has 43 heavy (non-hydrogen) atoms. The maximum Gasteiger partial charge on any atom is 0.435 e. The summed E-state index contributed by atoms with van der Waals surface area (Å²) in [5, 5.41) is 6.21. The predicted octanol–water partition coefficient (Wildman–Crippen LogP) is 2.86. The van der Waals surface area contributed by atoms with Crippen LogP contribution in [0.1, 0.15) is 31.5 Å². The second-order valence-corrected chi connectivity index (χ2v) is 11.5. The molecule has 3 heterocycles. The van der Waals surface area contributed by atoms with Gasteiger partial charge in [-0.15, -0.1) is 0 Å². The Kier molecular flexibility index (Phi) is 7.76. The van der Waals surface area contributed by atoms with E-state index < -0.39 is 46.0 Å². The number of amides is 1. The summed E-state index contributed by atoms with van der Waals surface area (Å²) in [7, 11) is -4.28. The van der Waals surface area contributed by atoms with Gasteiger partial charge >= 0.3 is 12.1 Å². The van der Waals surface area contributed by atoms with Gasteiger partial charge in [0, 0.05) is 23.9 Å². The summed E-state index contributed by atoms with van der Waals surface area (Å²) >= 11 is 0. The Morgan fingerprint density at radius 3 is 2.37 bits per heavy atom. The highest BCUT2D eigenvalue weighted by Gasteiger charge is 2.40. The van der Waals surface area contributed by atoms with Gasteiger partial charge in [0.25, 0.3) is 16.3 Å². The molecule has 2 aromatic carbocycles. The fourth-order valence-electron chi connectivity index (χ4n) is 4.13. The third kappa shape index (κ3) is 6.55. The number of ether oxygens (including phenoxy) is 1. The molecule has 230 valence electrons. The summed E-state index contributed by atoms with van der Waals surface area (Å²) in [4.78, 5) is 30.1. The molecule has 5 rings (SSSR count). The molecule has 1 aliphatic rings. The molecule has 1 fully saturated rings. The van der Waals surface area contributed by atoms with Crippen molar-refractivity contribution in [2.24, 2.45) is 5.92 Å². The van der Waals surface area contributed by atoms with Crippen LogP contribution < -0.4 is 14.6 Å². The molecule has 0 aliphatic carbocycles. The minimum absolute atomic E-state index is 0.117. The number of aromatic nitrogens is 4. The van der Waals surface area contributed by atoms with E-state index in [-0.39, 0.29) is 35.8 Å². The van der Waals surface area contributed by atoms with E-state index in [1.165, 1.54) is 36.2 Å². The molecule has 0 bridgehead atoms. The van der Waals surface area contributed by atoms with E-state index in [1.54, 1.807) is 36.2 Å². The van der Waals surface area contributed by atoms with Crippen molar-refractivity contribution >= 4 is 21.9 Å². The lowest BCUT2D eigenvalue weighted by molar-refractivity contribution is -0.181. The fraction of sp³-hybridized carbons (Fsp3) is 0.346. The lowest BCUT2D eigenvalue weighted by atomic mass is 10.0.